The van der Waals surface area contributed by atoms with Crippen LogP contribution in [-0.4, -0.2) is 24.3 Å². The summed E-state index contributed by atoms with van der Waals surface area (Å²) in [4.78, 5) is 32.7. The van der Waals surface area contributed by atoms with E-state index in [9.17, 15) is 9.59 Å². The number of nitrogens with zero attached hydrogens (tertiary/aromatic N) is 2. The number of thiazole rings is 1. The average Bonchev–Trinajstić information content (AvgIpc) is 3.57. The predicted octanol–water partition coefficient (Wildman–Crippen LogP) is 6.75. The van der Waals surface area contributed by atoms with Gasteiger partial charge >= 0.3 is 5.97 Å². The minimum absolute atomic E-state index is 0.189. The first kappa shape index (κ1) is 28.4. The maximum absolute atomic E-state index is 14.2. The number of carbonyl (C=O) groups is 1. The molecule has 2 aromatic heterocycles. The number of carbonyl (C=O) groups excluding carboxylic acids is 1. The smallest absolute Gasteiger partial charge is 0.338 e. The van der Waals surface area contributed by atoms with Crippen LogP contribution in [0.3, 0.4) is 0 Å². The molecule has 3 heterocycles. The van der Waals surface area contributed by atoms with Crippen molar-refractivity contribution in [2.45, 2.75) is 19.9 Å². The number of aromatic nitrogens is 1. The van der Waals surface area contributed by atoms with E-state index < -0.39 is 12.0 Å². The van der Waals surface area contributed by atoms with E-state index in [0.29, 0.717) is 43.4 Å². The number of fused-ring (bicyclic) bond motifs is 2. The van der Waals surface area contributed by atoms with Crippen LogP contribution >= 0.6 is 43.2 Å². The molecule has 0 fully saturated rings. The molecule has 10 heteroatoms. The van der Waals surface area contributed by atoms with E-state index in [-0.39, 0.29) is 12.2 Å². The SMILES string of the molecule is CCOC(=O)C1=C(C)N=c2s/c(=C/c3ccc(-c4cc(Br)ccc4Br)o3)c(=O)n2[C@@H]1c1c(OC)ccc2ccccc12. The molecule has 42 heavy (non-hydrogen) atoms. The van der Waals surface area contributed by atoms with E-state index in [2.05, 4.69) is 31.9 Å². The highest BCUT2D eigenvalue weighted by molar-refractivity contribution is 9.11. The molecule has 3 aromatic carbocycles. The summed E-state index contributed by atoms with van der Waals surface area (Å²) in [7, 11) is 1.58. The van der Waals surface area contributed by atoms with Gasteiger partial charge in [-0.1, -0.05) is 73.5 Å². The van der Waals surface area contributed by atoms with E-state index >= 15 is 0 Å². The lowest BCUT2D eigenvalue weighted by Gasteiger charge is -2.27. The Bertz CT molecular complexity index is 2090. The van der Waals surface area contributed by atoms with Gasteiger partial charge in [0.15, 0.2) is 4.80 Å². The molecule has 0 N–H and O–H groups in total. The van der Waals surface area contributed by atoms with Crippen LogP contribution in [0.25, 0.3) is 28.2 Å². The highest BCUT2D eigenvalue weighted by Gasteiger charge is 2.36. The van der Waals surface area contributed by atoms with Gasteiger partial charge in [0.05, 0.1) is 29.5 Å². The van der Waals surface area contributed by atoms with Crippen LogP contribution in [-0.2, 0) is 9.53 Å². The van der Waals surface area contributed by atoms with Gasteiger partial charge in [-0.2, -0.15) is 0 Å². The first-order chi connectivity index (χ1) is 20.3. The number of esters is 1. The molecule has 0 spiro atoms. The minimum Gasteiger partial charge on any atom is -0.496 e. The minimum atomic E-state index is -0.812. The molecule has 0 saturated heterocycles. The lowest BCUT2D eigenvalue weighted by atomic mass is 9.90. The van der Waals surface area contributed by atoms with E-state index in [1.807, 2.05) is 66.7 Å². The second-order valence-electron chi connectivity index (χ2n) is 9.53. The summed E-state index contributed by atoms with van der Waals surface area (Å²) < 4.78 is 21.2. The molecule has 0 radical (unpaired) electrons. The Kier molecular flexibility index (Phi) is 7.78. The van der Waals surface area contributed by atoms with Crippen LogP contribution in [0.2, 0.25) is 0 Å². The number of ether oxygens (including phenoxy) is 2. The zero-order valence-electron chi connectivity index (χ0n) is 22.8. The van der Waals surface area contributed by atoms with Crippen LogP contribution in [0.15, 0.2) is 101 Å². The number of furan rings is 1. The lowest BCUT2D eigenvalue weighted by molar-refractivity contribution is -0.139. The van der Waals surface area contributed by atoms with E-state index in [0.717, 1.165) is 25.3 Å². The first-order valence-electron chi connectivity index (χ1n) is 13.1. The molecule has 5 aromatic rings. The van der Waals surface area contributed by atoms with Crippen molar-refractivity contribution in [3.8, 4) is 17.1 Å². The van der Waals surface area contributed by atoms with Crippen molar-refractivity contribution in [3.63, 3.8) is 0 Å². The summed E-state index contributed by atoms with van der Waals surface area (Å²) in [5, 5.41) is 1.82. The van der Waals surface area contributed by atoms with Crippen molar-refractivity contribution < 1.29 is 18.7 Å². The molecule has 212 valence electrons. The van der Waals surface area contributed by atoms with E-state index in [1.165, 1.54) is 11.3 Å². The van der Waals surface area contributed by atoms with Gasteiger partial charge in [-0.3, -0.25) is 9.36 Å². The van der Waals surface area contributed by atoms with Crippen molar-refractivity contribution in [1.29, 1.82) is 0 Å². The number of methoxy groups -OCH3 is 1. The maximum atomic E-state index is 14.2. The van der Waals surface area contributed by atoms with Crippen molar-refractivity contribution >= 4 is 66.0 Å². The normalized spacial score (nSPS) is 15.1. The monoisotopic (exact) mass is 706 g/mol. The molecule has 0 saturated carbocycles. The molecular formula is C32H24Br2N2O5S. The Morgan fingerprint density at radius 1 is 1.12 bits per heavy atom. The van der Waals surface area contributed by atoms with E-state index in [1.54, 1.807) is 31.6 Å². The number of benzene rings is 3. The number of hydrogen-bond acceptors (Lipinski definition) is 7. The Balaban J connectivity index is 1.57. The summed E-state index contributed by atoms with van der Waals surface area (Å²) in [6.45, 7) is 3.71. The topological polar surface area (TPSA) is 83.0 Å². The molecule has 7 nitrogen and oxygen atoms in total. The van der Waals surface area contributed by atoms with Gasteiger partial charge in [0, 0.05) is 26.1 Å². The van der Waals surface area contributed by atoms with Crippen molar-refractivity contribution in [3.05, 3.63) is 118 Å². The molecule has 0 amide bonds. The van der Waals surface area contributed by atoms with Crippen LogP contribution in [0.5, 0.6) is 5.75 Å². The number of hydrogen-bond donors (Lipinski definition) is 0. The Labute approximate surface area is 261 Å². The molecule has 6 rings (SSSR count). The number of rotatable bonds is 6. The fourth-order valence-corrected chi connectivity index (χ4v) is 7.02. The van der Waals surface area contributed by atoms with Gasteiger partial charge in [-0.25, -0.2) is 9.79 Å². The van der Waals surface area contributed by atoms with Gasteiger partial charge < -0.3 is 13.9 Å². The first-order valence-corrected chi connectivity index (χ1v) is 15.5. The van der Waals surface area contributed by atoms with Crippen molar-refractivity contribution in [2.75, 3.05) is 13.7 Å². The molecule has 0 bridgehead atoms. The second-order valence-corrected chi connectivity index (χ2v) is 12.3. The zero-order valence-corrected chi connectivity index (χ0v) is 26.8. The number of allylic oxidation sites excluding steroid dienone is 1. The highest BCUT2D eigenvalue weighted by atomic mass is 79.9. The van der Waals surface area contributed by atoms with Crippen LogP contribution < -0.4 is 19.6 Å². The molecule has 1 aliphatic heterocycles. The van der Waals surface area contributed by atoms with Gasteiger partial charge in [0.25, 0.3) is 5.56 Å². The third-order valence-corrected chi connectivity index (χ3v) is 9.20. The van der Waals surface area contributed by atoms with Crippen LogP contribution in [0.1, 0.15) is 31.2 Å². The van der Waals surface area contributed by atoms with Crippen LogP contribution in [0, 0.1) is 0 Å². The molecular weight excluding hydrogens is 684 g/mol. The Morgan fingerprint density at radius 3 is 2.71 bits per heavy atom. The highest BCUT2D eigenvalue weighted by Crippen LogP contribution is 2.40. The maximum Gasteiger partial charge on any atom is 0.338 e. The third-order valence-electron chi connectivity index (χ3n) is 7.04. The predicted molar refractivity (Wildman–Crippen MR) is 170 cm³/mol. The fraction of sp³-hybridized carbons (Fsp3) is 0.156. The Hall–Kier alpha value is -3.73. The van der Waals surface area contributed by atoms with Gasteiger partial charge in [-0.15, -0.1) is 0 Å². The average molecular weight is 708 g/mol. The third kappa shape index (κ3) is 4.97. The summed E-state index contributed by atoms with van der Waals surface area (Å²) in [6.07, 6.45) is 1.71. The summed E-state index contributed by atoms with van der Waals surface area (Å²) in [5.41, 5.74) is 2.06. The second kappa shape index (κ2) is 11.5. The molecule has 1 aliphatic rings. The van der Waals surface area contributed by atoms with Crippen LogP contribution in [0.4, 0.5) is 0 Å². The number of halogens is 2. The molecule has 0 unspecified atom stereocenters. The van der Waals surface area contributed by atoms with Gasteiger partial charge in [-0.05, 0) is 61.0 Å². The zero-order chi connectivity index (χ0) is 29.5. The largest absolute Gasteiger partial charge is 0.496 e. The van der Waals surface area contributed by atoms with Crippen molar-refractivity contribution in [2.24, 2.45) is 4.99 Å². The summed E-state index contributed by atoms with van der Waals surface area (Å²) in [6, 6.07) is 20.3. The fourth-order valence-electron chi connectivity index (χ4n) is 5.19. The Morgan fingerprint density at radius 2 is 1.93 bits per heavy atom. The lowest BCUT2D eigenvalue weighted by Crippen LogP contribution is -2.40. The quantitative estimate of drug-likeness (QED) is 0.183. The standard InChI is InChI=1S/C32H24Br2N2O5S/c1-4-40-31(38)27-17(2)35-32-36(29(27)28-21-8-6-5-7-18(21)9-13-25(28)39-3)30(37)26(42-32)16-20-11-14-24(41-20)22-15-19(33)10-12-23(22)34/h5-16,29H,4H2,1-3H3/b26-16+/t29-/m0/s1. The summed E-state index contributed by atoms with van der Waals surface area (Å²) in [5.74, 6) is 1.20. The van der Waals surface area contributed by atoms with E-state index in [4.69, 9.17) is 18.9 Å². The molecule has 0 aliphatic carbocycles. The van der Waals surface area contributed by atoms with Gasteiger partial charge in [0.2, 0.25) is 0 Å². The van der Waals surface area contributed by atoms with Crippen molar-refractivity contribution in [1.82, 2.24) is 4.57 Å². The summed E-state index contributed by atoms with van der Waals surface area (Å²) >= 11 is 8.32. The molecule has 1 atom stereocenters. The van der Waals surface area contributed by atoms with Gasteiger partial charge in [0.1, 0.15) is 23.3 Å².